The van der Waals surface area contributed by atoms with Crippen molar-refractivity contribution in [2.75, 3.05) is 6.54 Å². The van der Waals surface area contributed by atoms with Crippen LogP contribution in [0, 0.1) is 0 Å². The van der Waals surface area contributed by atoms with Crippen LogP contribution in [0.3, 0.4) is 0 Å². The number of halogens is 1. The van der Waals surface area contributed by atoms with E-state index in [1.165, 1.54) is 11.3 Å². The molecule has 2 aromatic carbocycles. The summed E-state index contributed by atoms with van der Waals surface area (Å²) < 4.78 is 5.66. The van der Waals surface area contributed by atoms with E-state index in [0.717, 1.165) is 10.6 Å². The molecule has 1 heterocycles. The van der Waals surface area contributed by atoms with Crippen LogP contribution in [0.2, 0.25) is 5.02 Å². The number of carbonyl (C=O) groups is 2. The van der Waals surface area contributed by atoms with E-state index in [2.05, 4.69) is 10.3 Å². The number of hydrogen-bond acceptors (Lipinski definition) is 5. The Morgan fingerprint density at radius 3 is 2.72 bits per heavy atom. The molecule has 8 heteroatoms. The van der Waals surface area contributed by atoms with Crippen molar-refractivity contribution in [1.29, 1.82) is 0 Å². The summed E-state index contributed by atoms with van der Waals surface area (Å²) in [5.74, 6) is 0.145. The third-order valence-corrected chi connectivity index (χ3v) is 5.19. The van der Waals surface area contributed by atoms with Gasteiger partial charge in [0.05, 0.1) is 12.1 Å². The van der Waals surface area contributed by atoms with E-state index in [-0.39, 0.29) is 12.3 Å². The predicted octanol–water partition coefficient (Wildman–Crippen LogP) is 3.38. The summed E-state index contributed by atoms with van der Waals surface area (Å²) in [6.45, 7) is 0.807. The van der Waals surface area contributed by atoms with Crippen molar-refractivity contribution in [2.45, 2.75) is 19.4 Å². The smallest absolute Gasteiger partial charge is 0.248 e. The van der Waals surface area contributed by atoms with Gasteiger partial charge in [0.25, 0.3) is 0 Å². The number of benzene rings is 2. The fraction of sp³-hybridized carbons (Fsp3) is 0.190. The van der Waals surface area contributed by atoms with Gasteiger partial charge in [-0.3, -0.25) is 9.59 Å². The molecule has 0 aliphatic heterocycles. The fourth-order valence-corrected chi connectivity index (χ4v) is 3.46. The van der Waals surface area contributed by atoms with Crippen molar-refractivity contribution >= 4 is 34.8 Å². The summed E-state index contributed by atoms with van der Waals surface area (Å²) in [4.78, 5) is 27.8. The van der Waals surface area contributed by atoms with Crippen LogP contribution in [-0.2, 0) is 24.2 Å². The number of rotatable bonds is 9. The maximum Gasteiger partial charge on any atom is 0.248 e. The van der Waals surface area contributed by atoms with Gasteiger partial charge in [-0.2, -0.15) is 0 Å². The second kappa shape index (κ2) is 10.0. The average Bonchev–Trinajstić information content (AvgIpc) is 3.15. The lowest BCUT2D eigenvalue weighted by Crippen LogP contribution is -2.27. The van der Waals surface area contributed by atoms with E-state index >= 15 is 0 Å². The molecule has 0 saturated heterocycles. The molecule has 6 nitrogen and oxygen atoms in total. The van der Waals surface area contributed by atoms with E-state index in [1.807, 2.05) is 11.4 Å². The number of amides is 2. The second-order valence-electron chi connectivity index (χ2n) is 6.32. The van der Waals surface area contributed by atoms with Crippen LogP contribution >= 0.6 is 22.9 Å². The van der Waals surface area contributed by atoms with Gasteiger partial charge >= 0.3 is 0 Å². The van der Waals surface area contributed by atoms with E-state index in [1.54, 1.807) is 42.5 Å². The van der Waals surface area contributed by atoms with Crippen molar-refractivity contribution in [3.8, 4) is 5.75 Å². The Kier molecular flexibility index (Phi) is 7.21. The van der Waals surface area contributed by atoms with Crippen LogP contribution in [0.4, 0.5) is 0 Å². The first-order valence-electron chi connectivity index (χ1n) is 8.96. The van der Waals surface area contributed by atoms with E-state index in [0.29, 0.717) is 41.6 Å². The van der Waals surface area contributed by atoms with Gasteiger partial charge in [-0.25, -0.2) is 4.98 Å². The summed E-state index contributed by atoms with van der Waals surface area (Å²) in [5.41, 5.74) is 7.39. The first kappa shape index (κ1) is 20.8. The highest BCUT2D eigenvalue weighted by Gasteiger charge is 2.09. The van der Waals surface area contributed by atoms with Gasteiger partial charge in [0.2, 0.25) is 11.8 Å². The van der Waals surface area contributed by atoms with Crippen LogP contribution in [0.1, 0.15) is 26.6 Å². The Balaban J connectivity index is 1.42. The molecule has 1 aromatic heterocycles. The molecule has 2 amide bonds. The zero-order chi connectivity index (χ0) is 20.6. The van der Waals surface area contributed by atoms with Gasteiger partial charge in [0, 0.05) is 22.5 Å². The van der Waals surface area contributed by atoms with Crippen LogP contribution in [0.25, 0.3) is 0 Å². The quantitative estimate of drug-likeness (QED) is 0.545. The molecule has 150 valence electrons. The SMILES string of the molecule is NC(=O)c1cccc(CCNC(=O)Cc2csc(COc3ccc(Cl)cc3)n2)c1. The molecule has 29 heavy (non-hydrogen) atoms. The highest BCUT2D eigenvalue weighted by atomic mass is 35.5. The van der Waals surface area contributed by atoms with E-state index in [4.69, 9.17) is 22.1 Å². The largest absolute Gasteiger partial charge is 0.486 e. The maximum absolute atomic E-state index is 12.1. The summed E-state index contributed by atoms with van der Waals surface area (Å²) in [6, 6.07) is 14.2. The highest BCUT2D eigenvalue weighted by Crippen LogP contribution is 2.18. The van der Waals surface area contributed by atoms with Crippen LogP contribution < -0.4 is 15.8 Å². The first-order chi connectivity index (χ1) is 14.0. The van der Waals surface area contributed by atoms with Crippen LogP contribution in [0.15, 0.2) is 53.9 Å². The average molecular weight is 430 g/mol. The highest BCUT2D eigenvalue weighted by molar-refractivity contribution is 7.09. The van der Waals surface area contributed by atoms with Gasteiger partial charge in [0.1, 0.15) is 17.4 Å². The zero-order valence-corrected chi connectivity index (χ0v) is 17.1. The van der Waals surface area contributed by atoms with Crippen LogP contribution in [-0.4, -0.2) is 23.3 Å². The molecule has 0 aliphatic carbocycles. The molecule has 0 radical (unpaired) electrons. The normalized spacial score (nSPS) is 10.5. The molecule has 3 rings (SSSR count). The fourth-order valence-electron chi connectivity index (χ4n) is 2.63. The number of nitrogens with two attached hydrogens (primary N) is 1. The lowest BCUT2D eigenvalue weighted by Gasteiger charge is -2.05. The molecule has 0 aliphatic rings. The standard InChI is InChI=1S/C21H20ClN3O3S/c22-16-4-6-18(7-5-16)28-12-20-25-17(13-29-20)11-19(26)24-9-8-14-2-1-3-15(10-14)21(23)27/h1-7,10,13H,8-9,11-12H2,(H2,23,27)(H,24,26). The predicted molar refractivity (Wildman–Crippen MR) is 113 cm³/mol. The van der Waals surface area contributed by atoms with E-state index in [9.17, 15) is 9.59 Å². The summed E-state index contributed by atoms with van der Waals surface area (Å²) >= 11 is 7.30. The monoisotopic (exact) mass is 429 g/mol. The van der Waals surface area contributed by atoms with Crippen molar-refractivity contribution in [2.24, 2.45) is 5.73 Å². The van der Waals surface area contributed by atoms with Gasteiger partial charge in [-0.15, -0.1) is 11.3 Å². The molecule has 0 atom stereocenters. The second-order valence-corrected chi connectivity index (χ2v) is 7.70. The third-order valence-electron chi connectivity index (χ3n) is 4.06. The Morgan fingerprint density at radius 1 is 1.17 bits per heavy atom. The van der Waals surface area contributed by atoms with Crippen molar-refractivity contribution < 1.29 is 14.3 Å². The van der Waals surface area contributed by atoms with Gasteiger partial charge in [0.15, 0.2) is 0 Å². The molecule has 0 unspecified atom stereocenters. The minimum Gasteiger partial charge on any atom is -0.486 e. The number of nitrogens with one attached hydrogen (secondary N) is 1. The molecular formula is C21H20ClN3O3S. The topological polar surface area (TPSA) is 94.3 Å². The number of thiazole rings is 1. The molecule has 0 saturated carbocycles. The third kappa shape index (κ3) is 6.58. The zero-order valence-electron chi connectivity index (χ0n) is 15.6. The lowest BCUT2D eigenvalue weighted by molar-refractivity contribution is -0.120. The Hall–Kier alpha value is -2.90. The van der Waals surface area contributed by atoms with Crippen molar-refractivity contribution in [3.05, 3.63) is 80.8 Å². The number of ether oxygens (including phenoxy) is 1. The number of primary amides is 1. The number of aromatic nitrogens is 1. The number of nitrogens with zero attached hydrogens (tertiary/aromatic N) is 1. The summed E-state index contributed by atoms with van der Waals surface area (Å²) in [5, 5.41) is 6.17. The first-order valence-corrected chi connectivity index (χ1v) is 10.2. The molecule has 0 fully saturated rings. The maximum atomic E-state index is 12.1. The minimum atomic E-state index is -0.463. The molecular weight excluding hydrogens is 410 g/mol. The number of hydrogen-bond donors (Lipinski definition) is 2. The van der Waals surface area contributed by atoms with E-state index < -0.39 is 5.91 Å². The Bertz CT molecular complexity index is 989. The van der Waals surface area contributed by atoms with Crippen molar-refractivity contribution in [3.63, 3.8) is 0 Å². The van der Waals surface area contributed by atoms with Gasteiger partial charge in [-0.1, -0.05) is 23.7 Å². The molecule has 0 bridgehead atoms. The lowest BCUT2D eigenvalue weighted by atomic mass is 10.1. The van der Waals surface area contributed by atoms with Crippen molar-refractivity contribution in [1.82, 2.24) is 10.3 Å². The van der Waals surface area contributed by atoms with Gasteiger partial charge in [-0.05, 0) is 48.4 Å². The van der Waals surface area contributed by atoms with Gasteiger partial charge < -0.3 is 15.8 Å². The minimum absolute atomic E-state index is 0.105. The molecule has 3 aromatic rings. The molecule has 0 spiro atoms. The molecule has 3 N–H and O–H groups in total. The Labute approximate surface area is 177 Å². The summed E-state index contributed by atoms with van der Waals surface area (Å²) in [6.07, 6.45) is 0.822. The Morgan fingerprint density at radius 2 is 1.97 bits per heavy atom. The number of carbonyl (C=O) groups excluding carboxylic acids is 2. The summed E-state index contributed by atoms with van der Waals surface area (Å²) in [7, 11) is 0. The van der Waals surface area contributed by atoms with Crippen LogP contribution in [0.5, 0.6) is 5.75 Å².